The lowest BCUT2D eigenvalue weighted by molar-refractivity contribution is -0.154. The molecule has 2 unspecified atom stereocenters. The standard InChI is InChI=1S/C25H34O3/c1-5-20(2)18-25(21-12-8-6-9-13-21,22-14-10-7-11-15-22)19-24(3,16-17-26)23(27)28-4/h6-15,20,26H,5,16-19H2,1-4H3. The zero-order valence-electron chi connectivity index (χ0n) is 17.7. The minimum atomic E-state index is -0.775. The predicted octanol–water partition coefficient (Wildman–Crippen LogP) is 5.36. The van der Waals surface area contributed by atoms with Gasteiger partial charge in [-0.3, -0.25) is 4.79 Å². The molecule has 3 nitrogen and oxygen atoms in total. The third kappa shape index (κ3) is 4.82. The van der Waals surface area contributed by atoms with Crippen LogP contribution in [0.2, 0.25) is 0 Å². The number of hydrogen-bond donors (Lipinski definition) is 1. The van der Waals surface area contributed by atoms with Gasteiger partial charge >= 0.3 is 5.97 Å². The van der Waals surface area contributed by atoms with Crippen molar-refractivity contribution in [2.45, 2.75) is 51.9 Å². The Labute approximate surface area is 169 Å². The Balaban J connectivity index is 2.70. The van der Waals surface area contributed by atoms with Crippen molar-refractivity contribution >= 4 is 5.97 Å². The summed E-state index contributed by atoms with van der Waals surface area (Å²) in [5.74, 6) is 0.221. The van der Waals surface area contributed by atoms with Gasteiger partial charge in [0.2, 0.25) is 0 Å². The summed E-state index contributed by atoms with van der Waals surface area (Å²) in [7, 11) is 1.43. The summed E-state index contributed by atoms with van der Waals surface area (Å²) in [6.07, 6.45) is 2.96. The number of hydrogen-bond acceptors (Lipinski definition) is 3. The summed E-state index contributed by atoms with van der Waals surface area (Å²) in [6, 6.07) is 20.9. The summed E-state index contributed by atoms with van der Waals surface area (Å²) in [5, 5.41) is 9.70. The first kappa shape index (κ1) is 22.2. The molecule has 0 aliphatic carbocycles. The van der Waals surface area contributed by atoms with Gasteiger partial charge in [-0.1, -0.05) is 80.9 Å². The van der Waals surface area contributed by atoms with E-state index < -0.39 is 5.41 Å². The molecule has 152 valence electrons. The molecule has 0 radical (unpaired) electrons. The van der Waals surface area contributed by atoms with E-state index in [9.17, 15) is 9.90 Å². The largest absolute Gasteiger partial charge is 0.469 e. The molecule has 0 aliphatic rings. The lowest BCUT2D eigenvalue weighted by Crippen LogP contribution is -2.41. The molecule has 0 saturated heterocycles. The quantitative estimate of drug-likeness (QED) is 0.563. The van der Waals surface area contributed by atoms with Crippen molar-refractivity contribution in [3.8, 4) is 0 Å². The fraction of sp³-hybridized carbons (Fsp3) is 0.480. The molecule has 2 rings (SSSR count). The molecular formula is C25H34O3. The van der Waals surface area contributed by atoms with Crippen LogP contribution in [0, 0.1) is 11.3 Å². The highest BCUT2D eigenvalue weighted by Crippen LogP contribution is 2.48. The molecule has 0 saturated carbocycles. The van der Waals surface area contributed by atoms with Crippen LogP contribution in [0.25, 0.3) is 0 Å². The Hall–Kier alpha value is -2.13. The van der Waals surface area contributed by atoms with E-state index in [2.05, 4.69) is 62.4 Å². The number of ether oxygens (including phenoxy) is 1. The molecule has 1 N–H and O–H groups in total. The van der Waals surface area contributed by atoms with Gasteiger partial charge in [-0.2, -0.15) is 0 Å². The van der Waals surface area contributed by atoms with Gasteiger partial charge in [-0.05, 0) is 43.2 Å². The molecule has 2 atom stereocenters. The predicted molar refractivity (Wildman–Crippen MR) is 114 cm³/mol. The average molecular weight is 383 g/mol. The van der Waals surface area contributed by atoms with Gasteiger partial charge in [0.1, 0.15) is 0 Å². The topological polar surface area (TPSA) is 46.5 Å². The second kappa shape index (κ2) is 9.88. The molecule has 0 spiro atoms. The first-order valence-electron chi connectivity index (χ1n) is 10.2. The molecule has 0 amide bonds. The minimum absolute atomic E-state index is 0.0470. The van der Waals surface area contributed by atoms with Crippen LogP contribution in [0.3, 0.4) is 0 Å². The van der Waals surface area contributed by atoms with Crippen LogP contribution in [-0.4, -0.2) is 24.8 Å². The molecule has 0 aliphatic heterocycles. The second-order valence-electron chi connectivity index (χ2n) is 8.23. The number of aliphatic hydroxyl groups excluding tert-OH is 1. The van der Waals surface area contributed by atoms with Gasteiger partial charge in [-0.25, -0.2) is 0 Å². The third-order valence-electron chi connectivity index (χ3n) is 6.08. The van der Waals surface area contributed by atoms with Crippen LogP contribution in [0.4, 0.5) is 0 Å². The summed E-state index contributed by atoms with van der Waals surface area (Å²) in [6.45, 7) is 6.35. The molecule has 2 aromatic carbocycles. The second-order valence-corrected chi connectivity index (χ2v) is 8.23. The Bertz CT molecular complexity index is 686. The normalized spacial score (nSPS) is 14.9. The summed E-state index contributed by atoms with van der Waals surface area (Å²) < 4.78 is 5.17. The Morgan fingerprint density at radius 2 is 1.54 bits per heavy atom. The number of methoxy groups -OCH3 is 1. The van der Waals surface area contributed by atoms with Crippen molar-refractivity contribution in [3.05, 3.63) is 71.8 Å². The van der Waals surface area contributed by atoms with E-state index in [1.54, 1.807) is 0 Å². The summed E-state index contributed by atoms with van der Waals surface area (Å²) in [4.78, 5) is 12.8. The van der Waals surface area contributed by atoms with E-state index in [0.717, 1.165) is 12.8 Å². The van der Waals surface area contributed by atoms with Gasteiger partial charge in [0.15, 0.2) is 0 Å². The Morgan fingerprint density at radius 3 is 1.93 bits per heavy atom. The van der Waals surface area contributed by atoms with Gasteiger partial charge in [0, 0.05) is 12.0 Å². The average Bonchev–Trinajstić information content (AvgIpc) is 2.73. The number of carbonyl (C=O) groups is 1. The molecule has 3 heteroatoms. The number of carbonyl (C=O) groups excluding carboxylic acids is 1. The fourth-order valence-corrected chi connectivity index (χ4v) is 4.35. The molecule has 0 bridgehead atoms. The third-order valence-corrected chi connectivity index (χ3v) is 6.08. The first-order chi connectivity index (χ1) is 13.4. The van der Waals surface area contributed by atoms with Crippen LogP contribution < -0.4 is 0 Å². The number of esters is 1. The van der Waals surface area contributed by atoms with Crippen molar-refractivity contribution in [2.75, 3.05) is 13.7 Å². The lowest BCUT2D eigenvalue weighted by atomic mass is 9.60. The number of aliphatic hydroxyl groups is 1. The highest BCUT2D eigenvalue weighted by atomic mass is 16.5. The number of benzene rings is 2. The van der Waals surface area contributed by atoms with Crippen molar-refractivity contribution in [2.24, 2.45) is 11.3 Å². The zero-order valence-corrected chi connectivity index (χ0v) is 17.7. The van der Waals surface area contributed by atoms with Crippen LogP contribution >= 0.6 is 0 Å². The maximum atomic E-state index is 12.8. The van der Waals surface area contributed by atoms with Crippen LogP contribution in [0.5, 0.6) is 0 Å². The molecule has 0 heterocycles. The highest BCUT2D eigenvalue weighted by molar-refractivity contribution is 5.76. The monoisotopic (exact) mass is 382 g/mol. The van der Waals surface area contributed by atoms with E-state index >= 15 is 0 Å². The van der Waals surface area contributed by atoms with Gasteiger partial charge < -0.3 is 9.84 Å². The Kier molecular flexibility index (Phi) is 7.82. The van der Waals surface area contributed by atoms with Gasteiger partial charge in [-0.15, -0.1) is 0 Å². The maximum Gasteiger partial charge on any atom is 0.311 e. The maximum absolute atomic E-state index is 12.8. The van der Waals surface area contributed by atoms with E-state index in [1.807, 2.05) is 19.1 Å². The summed E-state index contributed by atoms with van der Waals surface area (Å²) in [5.41, 5.74) is 1.29. The van der Waals surface area contributed by atoms with Crippen LogP contribution in [0.15, 0.2) is 60.7 Å². The SMILES string of the molecule is CCC(C)CC(CC(C)(CCO)C(=O)OC)(c1ccccc1)c1ccccc1. The van der Waals surface area contributed by atoms with Gasteiger partial charge in [0.25, 0.3) is 0 Å². The lowest BCUT2D eigenvalue weighted by Gasteiger charge is -2.43. The molecule has 28 heavy (non-hydrogen) atoms. The molecule has 0 aromatic heterocycles. The van der Waals surface area contributed by atoms with Crippen molar-refractivity contribution < 1.29 is 14.6 Å². The molecule has 2 aromatic rings. The van der Waals surface area contributed by atoms with E-state index in [4.69, 9.17) is 4.74 Å². The van der Waals surface area contributed by atoms with E-state index in [0.29, 0.717) is 18.8 Å². The fourth-order valence-electron chi connectivity index (χ4n) is 4.35. The van der Waals surface area contributed by atoms with Gasteiger partial charge in [0.05, 0.1) is 12.5 Å². The van der Waals surface area contributed by atoms with E-state index in [-0.39, 0.29) is 18.0 Å². The van der Waals surface area contributed by atoms with E-state index in [1.165, 1.54) is 18.2 Å². The highest BCUT2D eigenvalue weighted by Gasteiger charge is 2.45. The van der Waals surface area contributed by atoms with Crippen molar-refractivity contribution in [3.63, 3.8) is 0 Å². The van der Waals surface area contributed by atoms with Crippen LogP contribution in [0.1, 0.15) is 57.6 Å². The first-order valence-corrected chi connectivity index (χ1v) is 10.2. The minimum Gasteiger partial charge on any atom is -0.469 e. The van der Waals surface area contributed by atoms with Crippen molar-refractivity contribution in [1.82, 2.24) is 0 Å². The van der Waals surface area contributed by atoms with Crippen LogP contribution in [-0.2, 0) is 14.9 Å². The van der Waals surface area contributed by atoms with Crippen molar-refractivity contribution in [1.29, 1.82) is 0 Å². The smallest absolute Gasteiger partial charge is 0.311 e. The summed E-state index contributed by atoms with van der Waals surface area (Å²) >= 11 is 0. The molecular weight excluding hydrogens is 348 g/mol. The number of rotatable bonds is 10. The zero-order chi connectivity index (χ0) is 20.6. The Morgan fingerprint density at radius 1 is 1.04 bits per heavy atom. The molecule has 0 fully saturated rings.